The minimum atomic E-state index is -4.35. The van der Waals surface area contributed by atoms with Crippen molar-refractivity contribution in [3.63, 3.8) is 0 Å². The molecule has 1 aromatic heterocycles. The highest BCUT2D eigenvalue weighted by atomic mass is 19.4. The Morgan fingerprint density at radius 2 is 2.05 bits per heavy atom. The van der Waals surface area contributed by atoms with Gasteiger partial charge in [0.25, 0.3) is 0 Å². The minimum absolute atomic E-state index is 0.0242. The normalized spacial score (nSPS) is 15.1. The Morgan fingerprint density at radius 3 is 2.52 bits per heavy atom. The molecule has 4 nitrogen and oxygen atoms in total. The molecule has 0 saturated carbocycles. The van der Waals surface area contributed by atoms with Gasteiger partial charge in [0, 0.05) is 18.3 Å². The molecule has 0 radical (unpaired) electrons. The molecule has 0 spiro atoms. The lowest BCUT2D eigenvalue weighted by Gasteiger charge is -2.32. The van der Waals surface area contributed by atoms with Gasteiger partial charge in [-0.1, -0.05) is 13.8 Å². The van der Waals surface area contributed by atoms with E-state index >= 15 is 0 Å². The van der Waals surface area contributed by atoms with Gasteiger partial charge in [0.2, 0.25) is 0 Å². The molecular weight excluding hydrogens is 283 g/mol. The van der Waals surface area contributed by atoms with Crippen molar-refractivity contribution < 1.29 is 18.3 Å². The number of hydrogen-bond donors (Lipinski definition) is 2. The highest BCUT2D eigenvalue weighted by Gasteiger charge is 2.32. The second-order valence-corrected chi connectivity index (χ2v) is 5.31. The summed E-state index contributed by atoms with van der Waals surface area (Å²) >= 11 is 0. The Morgan fingerprint density at radius 1 is 1.33 bits per heavy atom. The van der Waals surface area contributed by atoms with Crippen molar-refractivity contribution >= 4 is 0 Å². The zero-order chi connectivity index (χ0) is 15.9. The van der Waals surface area contributed by atoms with Crippen LogP contribution in [0.5, 0.6) is 0 Å². The van der Waals surface area contributed by atoms with Gasteiger partial charge in [-0.2, -0.15) is 18.3 Å². The predicted molar refractivity (Wildman–Crippen MR) is 74.9 cm³/mol. The van der Waals surface area contributed by atoms with E-state index in [2.05, 4.69) is 10.4 Å². The van der Waals surface area contributed by atoms with Crippen molar-refractivity contribution in [2.45, 2.75) is 57.8 Å². The van der Waals surface area contributed by atoms with Gasteiger partial charge in [0.1, 0.15) is 0 Å². The molecule has 1 aromatic rings. The van der Waals surface area contributed by atoms with E-state index in [9.17, 15) is 18.3 Å². The first-order valence-electron chi connectivity index (χ1n) is 7.32. The summed E-state index contributed by atoms with van der Waals surface area (Å²) in [4.78, 5) is 0. The third-order valence-corrected chi connectivity index (χ3v) is 3.73. The van der Waals surface area contributed by atoms with E-state index in [1.165, 1.54) is 4.68 Å². The van der Waals surface area contributed by atoms with Gasteiger partial charge in [0.15, 0.2) is 0 Å². The van der Waals surface area contributed by atoms with E-state index < -0.39 is 11.7 Å². The van der Waals surface area contributed by atoms with Crippen LogP contribution in [0, 0.1) is 0 Å². The summed E-state index contributed by atoms with van der Waals surface area (Å²) in [7, 11) is 0. The fourth-order valence-corrected chi connectivity index (χ4v) is 2.24. The Balaban J connectivity index is 2.52. The van der Waals surface area contributed by atoms with E-state index in [0.29, 0.717) is 19.4 Å². The van der Waals surface area contributed by atoms with E-state index in [0.717, 1.165) is 31.8 Å². The molecule has 1 unspecified atom stereocenters. The zero-order valence-electron chi connectivity index (χ0n) is 12.6. The Hall–Kier alpha value is -1.08. The maximum atomic E-state index is 12.5. The van der Waals surface area contributed by atoms with E-state index in [4.69, 9.17) is 0 Å². The molecule has 0 aliphatic carbocycles. The number of aromatic nitrogens is 2. The number of aliphatic hydroxyl groups excluding tert-OH is 1. The van der Waals surface area contributed by atoms with Crippen molar-refractivity contribution in [2.24, 2.45) is 0 Å². The first kappa shape index (κ1) is 18.0. The second kappa shape index (κ2) is 7.79. The van der Waals surface area contributed by atoms with Gasteiger partial charge < -0.3 is 10.4 Å². The van der Waals surface area contributed by atoms with Gasteiger partial charge in [-0.25, -0.2) is 0 Å². The van der Waals surface area contributed by atoms with E-state index in [1.807, 2.05) is 13.8 Å². The van der Waals surface area contributed by atoms with Crippen LogP contribution >= 0.6 is 0 Å². The minimum Gasteiger partial charge on any atom is -0.394 e. The lowest BCUT2D eigenvalue weighted by molar-refractivity contribution is -0.137. The zero-order valence-corrected chi connectivity index (χ0v) is 12.6. The smallest absolute Gasteiger partial charge is 0.394 e. The predicted octanol–water partition coefficient (Wildman–Crippen LogP) is 2.82. The summed E-state index contributed by atoms with van der Waals surface area (Å²) < 4.78 is 38.7. The number of nitrogens with one attached hydrogen (secondary N) is 1. The molecule has 0 amide bonds. The van der Waals surface area contributed by atoms with Gasteiger partial charge in [0.05, 0.1) is 18.4 Å². The van der Waals surface area contributed by atoms with Gasteiger partial charge in [-0.3, -0.25) is 4.68 Å². The molecule has 7 heteroatoms. The van der Waals surface area contributed by atoms with Crippen LogP contribution in [-0.2, 0) is 12.7 Å². The third kappa shape index (κ3) is 5.32. The summed E-state index contributed by atoms with van der Waals surface area (Å²) in [5.74, 6) is 0. The average molecular weight is 307 g/mol. The SMILES string of the molecule is CCCNC(CC)(CO)CCCn1cc(C(F)(F)F)cn1. The number of halogens is 3. The number of hydrogen-bond acceptors (Lipinski definition) is 3. The summed E-state index contributed by atoms with van der Waals surface area (Å²) in [5.41, 5.74) is -1.08. The molecule has 2 N–H and O–H groups in total. The lowest BCUT2D eigenvalue weighted by atomic mass is 9.91. The van der Waals surface area contributed by atoms with Crippen LogP contribution in [0.3, 0.4) is 0 Å². The van der Waals surface area contributed by atoms with Crippen molar-refractivity contribution in [3.8, 4) is 0 Å². The van der Waals surface area contributed by atoms with Crippen LogP contribution in [0.2, 0.25) is 0 Å². The van der Waals surface area contributed by atoms with Crippen LogP contribution in [0.15, 0.2) is 12.4 Å². The highest BCUT2D eigenvalue weighted by molar-refractivity contribution is 5.08. The number of alkyl halides is 3. The molecule has 21 heavy (non-hydrogen) atoms. The van der Waals surface area contributed by atoms with Crippen LogP contribution in [-0.4, -0.2) is 33.6 Å². The molecule has 1 atom stereocenters. The molecule has 1 heterocycles. The third-order valence-electron chi connectivity index (χ3n) is 3.73. The topological polar surface area (TPSA) is 50.1 Å². The molecule has 0 aromatic carbocycles. The Kier molecular flexibility index (Phi) is 6.67. The van der Waals surface area contributed by atoms with E-state index in [-0.39, 0.29) is 12.1 Å². The summed E-state index contributed by atoms with van der Waals surface area (Å²) in [6.45, 7) is 5.29. The average Bonchev–Trinajstić information content (AvgIpc) is 2.92. The summed E-state index contributed by atoms with van der Waals surface area (Å²) in [5, 5.41) is 16.6. The monoisotopic (exact) mass is 307 g/mol. The van der Waals surface area contributed by atoms with Gasteiger partial charge in [-0.05, 0) is 32.2 Å². The van der Waals surface area contributed by atoms with Gasteiger partial charge in [-0.15, -0.1) is 0 Å². The standard InChI is InChI=1S/C14H24F3N3O/c1-3-7-18-13(4-2,11-21)6-5-8-20-10-12(9-19-20)14(15,16)17/h9-10,18,21H,3-8,11H2,1-2H3. The number of nitrogens with zero attached hydrogens (tertiary/aromatic N) is 2. The molecule has 0 aliphatic heterocycles. The maximum Gasteiger partial charge on any atom is 0.419 e. The second-order valence-electron chi connectivity index (χ2n) is 5.31. The molecule has 0 bridgehead atoms. The van der Waals surface area contributed by atoms with Crippen LogP contribution in [0.25, 0.3) is 0 Å². The largest absolute Gasteiger partial charge is 0.419 e. The van der Waals surface area contributed by atoms with Crippen molar-refractivity contribution in [1.29, 1.82) is 0 Å². The molecule has 0 fully saturated rings. The number of aliphatic hydroxyl groups is 1. The van der Waals surface area contributed by atoms with Gasteiger partial charge >= 0.3 is 6.18 Å². The van der Waals surface area contributed by atoms with Crippen molar-refractivity contribution in [1.82, 2.24) is 15.1 Å². The quantitative estimate of drug-likeness (QED) is 0.737. The van der Waals surface area contributed by atoms with Crippen LogP contribution in [0.4, 0.5) is 13.2 Å². The highest BCUT2D eigenvalue weighted by Crippen LogP contribution is 2.28. The van der Waals surface area contributed by atoms with Crippen molar-refractivity contribution in [2.75, 3.05) is 13.2 Å². The van der Waals surface area contributed by atoms with Crippen molar-refractivity contribution in [3.05, 3.63) is 18.0 Å². The molecule has 0 saturated heterocycles. The Labute approximate surface area is 123 Å². The first-order chi connectivity index (χ1) is 9.87. The first-order valence-corrected chi connectivity index (χ1v) is 7.32. The molecule has 122 valence electrons. The number of aryl methyl sites for hydroxylation is 1. The summed E-state index contributed by atoms with van der Waals surface area (Å²) in [6.07, 6.45) is 0.608. The van der Waals surface area contributed by atoms with E-state index in [1.54, 1.807) is 0 Å². The maximum absolute atomic E-state index is 12.5. The fourth-order valence-electron chi connectivity index (χ4n) is 2.24. The van der Waals surface area contributed by atoms with Crippen LogP contribution in [0.1, 0.15) is 45.1 Å². The fraction of sp³-hybridized carbons (Fsp3) is 0.786. The molecule has 1 rings (SSSR count). The molecular formula is C14H24F3N3O. The van der Waals surface area contributed by atoms with Crippen LogP contribution < -0.4 is 5.32 Å². The Bertz CT molecular complexity index is 414. The number of rotatable bonds is 9. The molecule has 0 aliphatic rings. The summed E-state index contributed by atoms with van der Waals surface area (Å²) in [6, 6.07) is 0. The lowest BCUT2D eigenvalue weighted by Crippen LogP contribution is -2.48.